The van der Waals surface area contributed by atoms with Crippen LogP contribution in [0.25, 0.3) is 0 Å². The smallest absolute Gasteiger partial charge is 0.316 e. The van der Waals surface area contributed by atoms with Crippen LogP contribution in [0.2, 0.25) is 0 Å². The summed E-state index contributed by atoms with van der Waals surface area (Å²) in [6.07, 6.45) is 4.39. The van der Waals surface area contributed by atoms with Gasteiger partial charge in [-0.05, 0) is 24.1 Å². The number of hydrogen-bond acceptors (Lipinski definition) is 6. The maximum Gasteiger partial charge on any atom is 0.316 e. The first-order valence-corrected chi connectivity index (χ1v) is 4.56. The van der Waals surface area contributed by atoms with Crippen molar-refractivity contribution in [1.82, 2.24) is 15.2 Å². The summed E-state index contributed by atoms with van der Waals surface area (Å²) >= 11 is 0. The van der Waals surface area contributed by atoms with Gasteiger partial charge in [-0.1, -0.05) is 10.2 Å². The number of pyridine rings is 1. The molecular weight excluding hydrogens is 194 g/mol. The van der Waals surface area contributed by atoms with E-state index in [1.807, 2.05) is 12.1 Å². The number of anilines is 2. The molecule has 78 valence electrons. The lowest BCUT2D eigenvalue weighted by Crippen LogP contribution is -2.04. The summed E-state index contributed by atoms with van der Waals surface area (Å²) in [5.41, 5.74) is 6.47. The molecule has 15 heavy (non-hydrogen) atoms. The fourth-order valence-electron chi connectivity index (χ4n) is 1.17. The van der Waals surface area contributed by atoms with Crippen LogP contribution in [0.1, 0.15) is 5.56 Å². The highest BCUT2D eigenvalue weighted by Crippen LogP contribution is 2.06. The Hall–Kier alpha value is -2.11. The van der Waals surface area contributed by atoms with Crippen molar-refractivity contribution in [2.45, 2.75) is 6.42 Å². The predicted octanol–water partition coefficient (Wildman–Crippen LogP) is 0.701. The van der Waals surface area contributed by atoms with Gasteiger partial charge in [0.25, 0.3) is 0 Å². The first-order valence-electron chi connectivity index (χ1n) is 4.56. The van der Waals surface area contributed by atoms with E-state index in [1.54, 1.807) is 12.4 Å². The summed E-state index contributed by atoms with van der Waals surface area (Å²) in [7, 11) is 0. The molecule has 0 aromatic carbocycles. The topological polar surface area (TPSA) is 89.9 Å². The van der Waals surface area contributed by atoms with Gasteiger partial charge >= 0.3 is 12.0 Å². The SMILES string of the molecule is Nc1nnc(NCCc2ccncc2)o1. The number of hydrogen-bond donors (Lipinski definition) is 2. The van der Waals surface area contributed by atoms with Gasteiger partial charge in [0.15, 0.2) is 0 Å². The van der Waals surface area contributed by atoms with Crippen LogP contribution in [0.5, 0.6) is 0 Å². The van der Waals surface area contributed by atoms with Crippen LogP contribution in [-0.4, -0.2) is 21.7 Å². The van der Waals surface area contributed by atoms with Gasteiger partial charge < -0.3 is 15.5 Å². The average Bonchev–Trinajstić information content (AvgIpc) is 2.66. The van der Waals surface area contributed by atoms with Gasteiger partial charge in [-0.25, -0.2) is 0 Å². The molecule has 0 saturated heterocycles. The molecule has 2 aromatic rings. The minimum absolute atomic E-state index is 0.0708. The number of aromatic nitrogens is 3. The Kier molecular flexibility index (Phi) is 2.77. The fraction of sp³-hybridized carbons (Fsp3) is 0.222. The maximum atomic E-state index is 5.27. The van der Waals surface area contributed by atoms with Crippen LogP contribution in [0.4, 0.5) is 12.0 Å². The zero-order valence-corrected chi connectivity index (χ0v) is 8.05. The molecule has 0 aliphatic rings. The van der Waals surface area contributed by atoms with Crippen molar-refractivity contribution in [1.29, 1.82) is 0 Å². The van der Waals surface area contributed by atoms with Gasteiger partial charge in [-0.2, -0.15) is 0 Å². The molecule has 2 rings (SSSR count). The van der Waals surface area contributed by atoms with Crippen molar-refractivity contribution in [3.8, 4) is 0 Å². The van der Waals surface area contributed by atoms with Crippen LogP contribution in [-0.2, 0) is 6.42 Å². The summed E-state index contributed by atoms with van der Waals surface area (Å²) in [5.74, 6) is 0. The Balaban J connectivity index is 1.80. The lowest BCUT2D eigenvalue weighted by Gasteiger charge is -2.00. The monoisotopic (exact) mass is 205 g/mol. The van der Waals surface area contributed by atoms with Gasteiger partial charge in [0.1, 0.15) is 0 Å². The summed E-state index contributed by atoms with van der Waals surface area (Å²) in [4.78, 5) is 3.94. The quantitative estimate of drug-likeness (QED) is 0.763. The van der Waals surface area contributed by atoms with E-state index in [1.165, 1.54) is 5.56 Å². The number of nitrogens with two attached hydrogens (primary N) is 1. The Morgan fingerprint density at radius 3 is 2.73 bits per heavy atom. The van der Waals surface area contributed by atoms with E-state index in [0.717, 1.165) is 6.42 Å². The number of nitrogens with one attached hydrogen (secondary N) is 1. The molecule has 0 fully saturated rings. The molecule has 0 aliphatic heterocycles. The molecule has 0 aliphatic carbocycles. The summed E-state index contributed by atoms with van der Waals surface area (Å²) in [6.45, 7) is 0.714. The molecule has 0 radical (unpaired) electrons. The third kappa shape index (κ3) is 2.67. The standard InChI is InChI=1S/C9H11N5O/c10-8-13-14-9(15-8)12-6-3-7-1-4-11-5-2-7/h1-2,4-5H,3,6H2,(H2,10,13)(H,12,14). The van der Waals surface area contributed by atoms with Crippen molar-refractivity contribution in [3.05, 3.63) is 30.1 Å². The highest BCUT2D eigenvalue weighted by molar-refractivity contribution is 5.23. The Morgan fingerprint density at radius 2 is 2.07 bits per heavy atom. The molecule has 2 aromatic heterocycles. The Morgan fingerprint density at radius 1 is 1.27 bits per heavy atom. The Labute approximate surface area is 86.5 Å². The van der Waals surface area contributed by atoms with Crippen molar-refractivity contribution < 1.29 is 4.42 Å². The third-order valence-corrected chi connectivity index (χ3v) is 1.88. The van der Waals surface area contributed by atoms with E-state index in [4.69, 9.17) is 10.2 Å². The molecule has 2 heterocycles. The first kappa shape index (κ1) is 9.45. The van der Waals surface area contributed by atoms with E-state index in [-0.39, 0.29) is 6.01 Å². The van der Waals surface area contributed by atoms with Gasteiger partial charge in [0, 0.05) is 18.9 Å². The molecular formula is C9H11N5O. The zero-order valence-electron chi connectivity index (χ0n) is 8.05. The molecule has 0 amide bonds. The first-order chi connectivity index (χ1) is 7.34. The van der Waals surface area contributed by atoms with Crippen LogP contribution >= 0.6 is 0 Å². The third-order valence-electron chi connectivity index (χ3n) is 1.88. The van der Waals surface area contributed by atoms with Crippen molar-refractivity contribution in [3.63, 3.8) is 0 Å². The van der Waals surface area contributed by atoms with E-state index >= 15 is 0 Å². The van der Waals surface area contributed by atoms with Crippen LogP contribution in [0.15, 0.2) is 28.9 Å². The highest BCUT2D eigenvalue weighted by atomic mass is 16.4. The molecule has 3 N–H and O–H groups in total. The molecule has 0 unspecified atom stereocenters. The molecule has 6 nitrogen and oxygen atoms in total. The molecule has 0 bridgehead atoms. The molecule has 0 saturated carbocycles. The van der Waals surface area contributed by atoms with Crippen molar-refractivity contribution in [2.24, 2.45) is 0 Å². The number of rotatable bonds is 4. The van der Waals surface area contributed by atoms with Crippen LogP contribution in [0, 0.1) is 0 Å². The van der Waals surface area contributed by atoms with Crippen molar-refractivity contribution in [2.75, 3.05) is 17.6 Å². The van der Waals surface area contributed by atoms with E-state index < -0.39 is 0 Å². The Bertz CT molecular complexity index is 413. The summed E-state index contributed by atoms with van der Waals surface area (Å²) in [5, 5.41) is 10.2. The lowest BCUT2D eigenvalue weighted by molar-refractivity contribution is 0.586. The predicted molar refractivity (Wildman–Crippen MR) is 55.1 cm³/mol. The number of nitrogens with zero attached hydrogens (tertiary/aromatic N) is 3. The summed E-state index contributed by atoms with van der Waals surface area (Å²) < 4.78 is 4.95. The van der Waals surface area contributed by atoms with Crippen molar-refractivity contribution >= 4 is 12.0 Å². The zero-order chi connectivity index (χ0) is 10.5. The highest BCUT2D eigenvalue weighted by Gasteiger charge is 2.00. The van der Waals surface area contributed by atoms with E-state index in [0.29, 0.717) is 12.6 Å². The van der Waals surface area contributed by atoms with E-state index in [9.17, 15) is 0 Å². The normalized spacial score (nSPS) is 10.1. The second kappa shape index (κ2) is 4.41. The molecule has 6 heteroatoms. The summed E-state index contributed by atoms with van der Waals surface area (Å²) in [6, 6.07) is 4.34. The van der Waals surface area contributed by atoms with Gasteiger partial charge in [-0.3, -0.25) is 4.98 Å². The number of nitrogen functional groups attached to an aromatic ring is 1. The van der Waals surface area contributed by atoms with Crippen LogP contribution in [0.3, 0.4) is 0 Å². The van der Waals surface area contributed by atoms with E-state index in [2.05, 4.69) is 20.5 Å². The molecule has 0 spiro atoms. The van der Waals surface area contributed by atoms with Crippen LogP contribution < -0.4 is 11.1 Å². The second-order valence-corrected chi connectivity index (χ2v) is 2.98. The van der Waals surface area contributed by atoms with Gasteiger partial charge in [-0.15, -0.1) is 0 Å². The van der Waals surface area contributed by atoms with Gasteiger partial charge in [0.2, 0.25) is 0 Å². The molecule has 0 atom stereocenters. The van der Waals surface area contributed by atoms with Gasteiger partial charge in [0.05, 0.1) is 0 Å². The average molecular weight is 205 g/mol. The minimum Gasteiger partial charge on any atom is -0.390 e. The maximum absolute atomic E-state index is 5.27. The largest absolute Gasteiger partial charge is 0.390 e. The lowest BCUT2D eigenvalue weighted by atomic mass is 10.2. The second-order valence-electron chi connectivity index (χ2n) is 2.98. The minimum atomic E-state index is 0.0708. The fourth-order valence-corrected chi connectivity index (χ4v) is 1.17.